The molecule has 2 aromatic heterocycles. The zero-order valence-electron chi connectivity index (χ0n) is 37.5. The van der Waals surface area contributed by atoms with E-state index in [1.807, 2.05) is 58.0 Å². The monoisotopic (exact) mass is 890 g/mol. The molecule has 3 aromatic carbocycles. The number of aromatic amines is 2. The molecule has 1 spiro atoms. The molecular weight excluding hydrogens is 835 g/mol. The van der Waals surface area contributed by atoms with Gasteiger partial charge < -0.3 is 40.1 Å². The van der Waals surface area contributed by atoms with E-state index in [1.54, 1.807) is 29.3 Å². The van der Waals surface area contributed by atoms with Gasteiger partial charge in [-0.3, -0.25) is 9.69 Å². The fourth-order valence-electron chi connectivity index (χ4n) is 11.3. The molecule has 3 aliphatic carbocycles. The van der Waals surface area contributed by atoms with Crippen LogP contribution in [0, 0.1) is 23.2 Å². The molecule has 2 bridgehead atoms. The minimum Gasteiger partial charge on any atom is -0.453 e. The van der Waals surface area contributed by atoms with E-state index in [1.165, 1.54) is 20.3 Å². The summed E-state index contributed by atoms with van der Waals surface area (Å²) in [4.78, 5) is 58.9. The quantitative estimate of drug-likeness (QED) is 0.0872. The fourth-order valence-corrected chi connectivity index (χ4v) is 11.3. The van der Waals surface area contributed by atoms with E-state index < -0.39 is 36.4 Å². The first-order valence-corrected chi connectivity index (χ1v) is 22.8. The third kappa shape index (κ3) is 7.32. The molecule has 10 rings (SSSR count). The first-order valence-electron chi connectivity index (χ1n) is 22.8. The van der Waals surface area contributed by atoms with Gasteiger partial charge in [-0.25, -0.2) is 19.6 Å². The van der Waals surface area contributed by atoms with Crippen molar-refractivity contribution in [1.29, 1.82) is 0 Å². The molecule has 65 heavy (non-hydrogen) atoms. The van der Waals surface area contributed by atoms with E-state index in [-0.39, 0.29) is 58.3 Å². The average Bonchev–Trinajstić information content (AvgIpc) is 3.95. The van der Waals surface area contributed by atoms with Crippen LogP contribution in [0.3, 0.4) is 0 Å². The molecule has 5 N–H and O–H groups in total. The molecule has 5 aliphatic rings. The number of rotatable bonds is 11. The SMILES string of the molecule is COC(=O)N[C@@H](C(C)C)C(O)N1[C@@H]2CC[C@@H](C2)[C@H]1c1nc2ccc(-c3ccc4c(c3)C(F)(F)c3cc(-c5cnc(C6CC7(CC7)CN6C(=O)[C@@H](NC(=O)OC)C(C)C)[nH]5)ccc3-4)cc2[nH]1. The van der Waals surface area contributed by atoms with E-state index in [2.05, 4.69) is 25.5 Å². The van der Waals surface area contributed by atoms with Crippen molar-refractivity contribution in [2.75, 3.05) is 20.8 Å². The van der Waals surface area contributed by atoms with Gasteiger partial charge in [0.25, 0.3) is 5.92 Å². The highest BCUT2D eigenvalue weighted by molar-refractivity contribution is 5.88. The van der Waals surface area contributed by atoms with Crippen LogP contribution in [0.4, 0.5) is 18.4 Å². The number of hydrogen-bond acceptors (Lipinski definition) is 9. The molecule has 2 saturated heterocycles. The Morgan fingerprint density at radius 2 is 1.51 bits per heavy atom. The Bertz CT molecular complexity index is 2690. The lowest BCUT2D eigenvalue weighted by atomic mass is 9.95. The lowest BCUT2D eigenvalue weighted by Crippen LogP contribution is -2.56. The molecular formula is C49H56F2N8O6. The van der Waals surface area contributed by atoms with Gasteiger partial charge >= 0.3 is 12.2 Å². The molecule has 2 saturated carbocycles. The Hall–Kier alpha value is -5.87. The first-order chi connectivity index (χ1) is 31.1. The molecule has 4 fully saturated rings. The number of ether oxygens (including phenoxy) is 2. The zero-order chi connectivity index (χ0) is 45.7. The number of H-pyrrole nitrogens is 2. The maximum Gasteiger partial charge on any atom is 0.407 e. The van der Waals surface area contributed by atoms with Crippen LogP contribution >= 0.6 is 0 Å². The molecule has 5 aromatic rings. The molecule has 2 aliphatic heterocycles. The Balaban J connectivity index is 0.895. The highest BCUT2D eigenvalue weighted by atomic mass is 19.3. The van der Waals surface area contributed by atoms with Gasteiger partial charge in [0, 0.05) is 29.3 Å². The second kappa shape index (κ2) is 15.9. The Morgan fingerprint density at radius 1 is 0.846 bits per heavy atom. The Labute approximate surface area is 375 Å². The van der Waals surface area contributed by atoms with Gasteiger partial charge in [0.05, 0.1) is 55.3 Å². The number of carbonyl (C=O) groups excluding carboxylic acids is 3. The van der Waals surface area contributed by atoms with E-state index >= 15 is 8.78 Å². The summed E-state index contributed by atoms with van der Waals surface area (Å²) < 4.78 is 43.0. The largest absolute Gasteiger partial charge is 0.453 e. The molecule has 2 unspecified atom stereocenters. The number of benzene rings is 3. The predicted molar refractivity (Wildman–Crippen MR) is 238 cm³/mol. The number of nitrogens with zero attached hydrogens (tertiary/aromatic N) is 4. The van der Waals surface area contributed by atoms with Crippen molar-refractivity contribution >= 4 is 29.1 Å². The van der Waals surface area contributed by atoms with Crippen molar-refractivity contribution in [3.05, 3.63) is 83.6 Å². The summed E-state index contributed by atoms with van der Waals surface area (Å²) in [5, 5.41) is 17.3. The third-order valence-corrected chi connectivity index (χ3v) is 14.9. The highest BCUT2D eigenvalue weighted by Gasteiger charge is 2.56. The van der Waals surface area contributed by atoms with Gasteiger partial charge in [-0.1, -0.05) is 58.0 Å². The summed E-state index contributed by atoms with van der Waals surface area (Å²) in [6.07, 6.45) is 5.03. The van der Waals surface area contributed by atoms with Crippen LogP contribution in [-0.2, 0) is 20.2 Å². The summed E-state index contributed by atoms with van der Waals surface area (Å²) in [7, 11) is 2.57. The number of carbonyl (C=O) groups is 3. The Kier molecular flexibility index (Phi) is 10.6. The standard InChI is InChI=1S/C49H56F2N8O6/c1-24(2)39(56-46(62)64-5)44(60)58-23-48(15-16-48)21-38(58)42-52-22-37(55-42)28-9-13-32-31-12-8-26(18-33(31)49(50,51)34(32)19-28)27-10-14-35-36(20-27)54-43(53-35)41-29-7-11-30(17-29)59(41)45(61)40(25(3)4)57-47(63)65-6/h8-10,12-14,18-20,22,24-25,29-30,38-41,45,61H,7,11,15-17,21,23H2,1-6H3,(H,52,55)(H,53,54)(H,56,62)(H,57,63)/t29-,30+,38?,39-,40-,41-,45?/m0/s1. The predicted octanol–water partition coefficient (Wildman–Crippen LogP) is 8.40. The molecule has 3 amide bonds. The number of imidazole rings is 2. The van der Waals surface area contributed by atoms with Crippen molar-refractivity contribution in [2.45, 2.75) is 109 Å². The summed E-state index contributed by atoms with van der Waals surface area (Å²) in [6, 6.07) is 14.3. The number of likely N-dealkylation sites (tertiary alicyclic amines) is 2. The van der Waals surface area contributed by atoms with Crippen molar-refractivity contribution in [3.8, 4) is 33.5 Å². The average molecular weight is 891 g/mol. The van der Waals surface area contributed by atoms with Crippen molar-refractivity contribution < 1.29 is 37.7 Å². The van der Waals surface area contributed by atoms with E-state index in [4.69, 9.17) is 19.4 Å². The molecule has 14 nitrogen and oxygen atoms in total. The van der Waals surface area contributed by atoms with Gasteiger partial charge in [-0.2, -0.15) is 8.78 Å². The maximum atomic E-state index is 16.7. The number of halogens is 2. The topological polar surface area (TPSA) is 178 Å². The molecule has 16 heteroatoms. The number of nitrogens with one attached hydrogen (secondary N) is 4. The van der Waals surface area contributed by atoms with Gasteiger partial charge in [-0.05, 0) is 108 Å². The van der Waals surface area contributed by atoms with Crippen LogP contribution in [0.1, 0.15) is 101 Å². The number of fused-ring (bicyclic) bond motifs is 6. The lowest BCUT2D eigenvalue weighted by molar-refractivity contribution is -0.135. The van der Waals surface area contributed by atoms with Gasteiger partial charge in [0.2, 0.25) is 5.91 Å². The number of alkyl halides is 2. The summed E-state index contributed by atoms with van der Waals surface area (Å²) in [5.41, 5.74) is 4.82. The number of hydrogen-bond donors (Lipinski definition) is 5. The van der Waals surface area contributed by atoms with Crippen LogP contribution in [-0.4, -0.2) is 98.1 Å². The highest BCUT2D eigenvalue weighted by Crippen LogP contribution is 2.59. The van der Waals surface area contributed by atoms with Crippen LogP contribution in [0.15, 0.2) is 60.8 Å². The van der Waals surface area contributed by atoms with E-state index in [0.29, 0.717) is 40.3 Å². The number of aliphatic hydroxyl groups is 1. The van der Waals surface area contributed by atoms with Crippen LogP contribution < -0.4 is 10.6 Å². The van der Waals surface area contributed by atoms with Crippen molar-refractivity contribution in [2.24, 2.45) is 23.2 Å². The van der Waals surface area contributed by atoms with Crippen LogP contribution in [0.25, 0.3) is 44.5 Å². The Morgan fingerprint density at radius 3 is 2.18 bits per heavy atom. The number of aromatic nitrogens is 4. The normalized spacial score (nSPS) is 23.8. The molecule has 342 valence electrons. The summed E-state index contributed by atoms with van der Waals surface area (Å²) in [6.45, 7) is 8.21. The van der Waals surface area contributed by atoms with Gasteiger partial charge in [0.1, 0.15) is 23.9 Å². The third-order valence-electron chi connectivity index (χ3n) is 14.9. The summed E-state index contributed by atoms with van der Waals surface area (Å²) in [5.74, 6) is -2.13. The van der Waals surface area contributed by atoms with Gasteiger partial charge in [-0.15, -0.1) is 0 Å². The van der Waals surface area contributed by atoms with Crippen molar-refractivity contribution in [1.82, 2.24) is 40.4 Å². The number of alkyl carbamates (subject to hydrolysis) is 2. The maximum absolute atomic E-state index is 16.7. The number of aliphatic hydroxyl groups excluding tert-OH is 1. The van der Waals surface area contributed by atoms with Crippen molar-refractivity contribution in [3.63, 3.8) is 0 Å². The minimum absolute atomic E-state index is 0.0130. The summed E-state index contributed by atoms with van der Waals surface area (Å²) >= 11 is 0. The molecule has 0 radical (unpaired) electrons. The van der Waals surface area contributed by atoms with E-state index in [9.17, 15) is 19.5 Å². The number of amides is 3. The number of piperidine rings is 1. The zero-order valence-corrected chi connectivity index (χ0v) is 37.5. The van der Waals surface area contributed by atoms with Crippen LogP contribution in [0.5, 0.6) is 0 Å². The smallest absolute Gasteiger partial charge is 0.407 e. The van der Waals surface area contributed by atoms with Crippen LogP contribution in [0.2, 0.25) is 0 Å². The first kappa shape index (κ1) is 43.0. The lowest BCUT2D eigenvalue weighted by Gasteiger charge is -2.41. The molecule has 7 atom stereocenters. The van der Waals surface area contributed by atoms with Gasteiger partial charge in [0.15, 0.2) is 0 Å². The fraction of sp³-hybridized carbons (Fsp3) is 0.490. The number of methoxy groups -OCH3 is 2. The minimum atomic E-state index is -3.28. The second-order valence-electron chi connectivity index (χ2n) is 19.6. The molecule has 4 heterocycles. The second-order valence-corrected chi connectivity index (χ2v) is 19.6. The van der Waals surface area contributed by atoms with E-state index in [0.717, 1.165) is 60.9 Å².